The molecule has 2 aromatic carbocycles. The van der Waals surface area contributed by atoms with Gasteiger partial charge < -0.3 is 15.2 Å². The molecule has 0 unspecified atom stereocenters. The quantitative estimate of drug-likeness (QED) is 0.598. The minimum absolute atomic E-state index is 0.0423. The molecular weight excluding hydrogens is 379 g/mol. The molecule has 27 heavy (non-hydrogen) atoms. The summed E-state index contributed by atoms with van der Waals surface area (Å²) in [5, 5.41) is 11.4. The number of ether oxygens (including phenoxy) is 1. The lowest BCUT2D eigenvalue weighted by Crippen LogP contribution is -2.44. The molecule has 144 valence electrons. The van der Waals surface area contributed by atoms with Gasteiger partial charge in [0.25, 0.3) is 15.9 Å². The minimum Gasteiger partial charge on any atom is -0.467 e. The number of hydrogen-bond donors (Lipinski definition) is 3. The lowest BCUT2D eigenvalue weighted by molar-refractivity contribution is -0.143. The standard InChI is InChI=1S/C17H17FN2O6S/c1-26-17(23)15(10-21)19-16(22)11-3-2-4-14(9-11)27(24,25)20-13-7-5-12(18)6-8-13/h2-9,15,20-21H,10H2,1H3,(H,19,22)/t15-/m1/s1. The molecule has 0 heterocycles. The predicted molar refractivity (Wildman–Crippen MR) is 94.0 cm³/mol. The van der Waals surface area contributed by atoms with Gasteiger partial charge in [-0.05, 0) is 42.5 Å². The number of sulfonamides is 1. The molecule has 0 fully saturated rings. The van der Waals surface area contributed by atoms with Gasteiger partial charge in [0.05, 0.1) is 18.6 Å². The maximum Gasteiger partial charge on any atom is 0.330 e. The van der Waals surface area contributed by atoms with Gasteiger partial charge >= 0.3 is 5.97 Å². The second-order valence-electron chi connectivity index (χ2n) is 5.37. The predicted octanol–water partition coefficient (Wildman–Crippen LogP) is 0.890. The number of amides is 1. The summed E-state index contributed by atoms with van der Waals surface area (Å²) in [4.78, 5) is 23.4. The monoisotopic (exact) mass is 396 g/mol. The third-order valence-electron chi connectivity index (χ3n) is 3.48. The normalized spacial score (nSPS) is 12.1. The molecule has 1 atom stereocenters. The third kappa shape index (κ3) is 5.25. The number of esters is 1. The van der Waals surface area contributed by atoms with Crippen molar-refractivity contribution in [2.24, 2.45) is 0 Å². The Balaban J connectivity index is 2.21. The van der Waals surface area contributed by atoms with Crippen molar-refractivity contribution < 1.29 is 32.2 Å². The molecule has 0 saturated heterocycles. The number of rotatable bonds is 7. The Hall–Kier alpha value is -2.98. The molecule has 8 nitrogen and oxygen atoms in total. The summed E-state index contributed by atoms with van der Waals surface area (Å²) in [5.74, 6) is -2.12. The lowest BCUT2D eigenvalue weighted by Gasteiger charge is -2.14. The SMILES string of the molecule is COC(=O)[C@@H](CO)NC(=O)c1cccc(S(=O)(=O)Nc2ccc(F)cc2)c1. The summed E-state index contributed by atoms with van der Waals surface area (Å²) in [6.07, 6.45) is 0. The van der Waals surface area contributed by atoms with E-state index in [1.165, 1.54) is 30.3 Å². The largest absolute Gasteiger partial charge is 0.467 e. The first-order valence-corrected chi connectivity index (χ1v) is 9.13. The van der Waals surface area contributed by atoms with Crippen molar-refractivity contribution in [3.05, 3.63) is 59.9 Å². The number of carbonyl (C=O) groups is 2. The van der Waals surface area contributed by atoms with Crippen LogP contribution in [-0.2, 0) is 19.6 Å². The van der Waals surface area contributed by atoms with E-state index in [1.54, 1.807) is 0 Å². The van der Waals surface area contributed by atoms with Crippen LogP contribution in [0.2, 0.25) is 0 Å². The molecular formula is C17H17FN2O6S. The van der Waals surface area contributed by atoms with Gasteiger partial charge in [-0.1, -0.05) is 6.07 Å². The maximum absolute atomic E-state index is 12.9. The van der Waals surface area contributed by atoms with Crippen molar-refractivity contribution in [2.45, 2.75) is 10.9 Å². The first-order valence-electron chi connectivity index (χ1n) is 7.65. The molecule has 3 N–H and O–H groups in total. The van der Waals surface area contributed by atoms with Crippen LogP contribution < -0.4 is 10.0 Å². The fourth-order valence-corrected chi connectivity index (χ4v) is 3.20. The summed E-state index contributed by atoms with van der Waals surface area (Å²) >= 11 is 0. The van der Waals surface area contributed by atoms with Gasteiger partial charge in [-0.2, -0.15) is 0 Å². The Labute approximate surface area is 155 Å². The highest BCUT2D eigenvalue weighted by atomic mass is 32.2. The van der Waals surface area contributed by atoms with Crippen molar-refractivity contribution in [1.82, 2.24) is 5.32 Å². The molecule has 0 aliphatic heterocycles. The molecule has 0 aromatic heterocycles. The zero-order valence-electron chi connectivity index (χ0n) is 14.2. The average Bonchev–Trinajstić information content (AvgIpc) is 2.67. The second-order valence-corrected chi connectivity index (χ2v) is 7.05. The first-order chi connectivity index (χ1) is 12.8. The van der Waals surface area contributed by atoms with Crippen LogP contribution in [0, 0.1) is 5.82 Å². The number of hydrogen-bond acceptors (Lipinski definition) is 6. The summed E-state index contributed by atoms with van der Waals surface area (Å²) < 4.78 is 44.5. The molecule has 2 aromatic rings. The molecule has 0 bridgehead atoms. The van der Waals surface area contributed by atoms with Crippen LogP contribution in [0.5, 0.6) is 0 Å². The van der Waals surface area contributed by atoms with Crippen LogP contribution in [0.15, 0.2) is 53.4 Å². The lowest BCUT2D eigenvalue weighted by atomic mass is 10.2. The van der Waals surface area contributed by atoms with Gasteiger partial charge in [0.15, 0.2) is 6.04 Å². The smallest absolute Gasteiger partial charge is 0.330 e. The van der Waals surface area contributed by atoms with E-state index in [1.807, 2.05) is 0 Å². The number of aliphatic hydroxyl groups excluding tert-OH is 1. The van der Waals surface area contributed by atoms with Gasteiger partial charge in [-0.3, -0.25) is 9.52 Å². The number of halogens is 1. The Bertz CT molecular complexity index is 931. The van der Waals surface area contributed by atoms with E-state index in [0.29, 0.717) is 0 Å². The van der Waals surface area contributed by atoms with Gasteiger partial charge in [-0.25, -0.2) is 17.6 Å². The highest BCUT2D eigenvalue weighted by Crippen LogP contribution is 2.17. The van der Waals surface area contributed by atoms with Crippen molar-refractivity contribution in [3.63, 3.8) is 0 Å². The molecule has 0 aliphatic carbocycles. The molecule has 0 spiro atoms. The summed E-state index contributed by atoms with van der Waals surface area (Å²) in [5.41, 5.74) is 0.108. The highest BCUT2D eigenvalue weighted by Gasteiger charge is 2.22. The number of nitrogens with one attached hydrogen (secondary N) is 2. The van der Waals surface area contributed by atoms with E-state index in [9.17, 15) is 22.4 Å². The Morgan fingerprint density at radius 1 is 1.19 bits per heavy atom. The Kier molecular flexibility index (Phi) is 6.48. The second kappa shape index (κ2) is 8.60. The zero-order chi connectivity index (χ0) is 20.0. The van der Waals surface area contributed by atoms with Crippen LogP contribution in [0.3, 0.4) is 0 Å². The van der Waals surface area contributed by atoms with E-state index in [2.05, 4.69) is 14.8 Å². The van der Waals surface area contributed by atoms with Crippen molar-refractivity contribution in [2.75, 3.05) is 18.4 Å². The first kappa shape index (κ1) is 20.3. The van der Waals surface area contributed by atoms with Gasteiger partial charge in [0, 0.05) is 11.3 Å². The Morgan fingerprint density at radius 2 is 1.85 bits per heavy atom. The van der Waals surface area contributed by atoms with Gasteiger partial charge in [-0.15, -0.1) is 0 Å². The van der Waals surface area contributed by atoms with Crippen LogP contribution in [0.25, 0.3) is 0 Å². The van der Waals surface area contributed by atoms with Crippen LogP contribution >= 0.6 is 0 Å². The number of methoxy groups -OCH3 is 1. The van der Waals surface area contributed by atoms with E-state index < -0.39 is 40.4 Å². The molecule has 10 heteroatoms. The number of carbonyl (C=O) groups excluding carboxylic acids is 2. The Morgan fingerprint density at radius 3 is 2.44 bits per heavy atom. The topological polar surface area (TPSA) is 122 Å². The molecule has 1 amide bonds. The maximum atomic E-state index is 12.9. The van der Waals surface area contributed by atoms with Crippen LogP contribution in [-0.4, -0.2) is 45.2 Å². The van der Waals surface area contributed by atoms with Crippen LogP contribution in [0.4, 0.5) is 10.1 Å². The van der Waals surface area contributed by atoms with E-state index >= 15 is 0 Å². The molecule has 0 radical (unpaired) electrons. The number of aliphatic hydroxyl groups is 1. The minimum atomic E-state index is -4.03. The van der Waals surface area contributed by atoms with Gasteiger partial charge in [0.1, 0.15) is 5.82 Å². The third-order valence-corrected chi connectivity index (χ3v) is 4.86. The van der Waals surface area contributed by atoms with Crippen molar-refractivity contribution in [1.29, 1.82) is 0 Å². The molecule has 0 aliphatic rings. The van der Waals surface area contributed by atoms with Crippen LogP contribution in [0.1, 0.15) is 10.4 Å². The van der Waals surface area contributed by atoms with Crippen molar-refractivity contribution >= 4 is 27.6 Å². The van der Waals surface area contributed by atoms with E-state index in [4.69, 9.17) is 5.11 Å². The molecule has 2 rings (SSSR count). The fourth-order valence-electron chi connectivity index (χ4n) is 2.10. The van der Waals surface area contributed by atoms with Gasteiger partial charge in [0.2, 0.25) is 0 Å². The summed E-state index contributed by atoms with van der Waals surface area (Å²) in [6.45, 7) is -0.678. The van der Waals surface area contributed by atoms with Crippen molar-refractivity contribution in [3.8, 4) is 0 Å². The van der Waals surface area contributed by atoms with E-state index in [-0.39, 0.29) is 16.1 Å². The zero-order valence-corrected chi connectivity index (χ0v) is 15.0. The number of benzene rings is 2. The molecule has 0 saturated carbocycles. The van der Waals surface area contributed by atoms with E-state index in [0.717, 1.165) is 25.3 Å². The highest BCUT2D eigenvalue weighted by molar-refractivity contribution is 7.92. The summed E-state index contributed by atoms with van der Waals surface area (Å²) in [6, 6.07) is 8.50. The average molecular weight is 396 g/mol. The summed E-state index contributed by atoms with van der Waals surface area (Å²) in [7, 11) is -2.93. The fraction of sp³-hybridized carbons (Fsp3) is 0.176. The number of anilines is 1.